The summed E-state index contributed by atoms with van der Waals surface area (Å²) in [6.45, 7) is 3.15. The average molecular weight is 299 g/mol. The summed E-state index contributed by atoms with van der Waals surface area (Å²) in [5.74, 6) is 0.973. The highest BCUT2D eigenvalue weighted by Crippen LogP contribution is 2.23. The number of nitrogens with zero attached hydrogens (tertiary/aromatic N) is 2. The molecular weight excluding hydrogens is 282 g/mol. The lowest BCUT2D eigenvalue weighted by molar-refractivity contribution is 0.219. The predicted molar refractivity (Wildman–Crippen MR) is 86.2 cm³/mol. The fraction of sp³-hybridized carbons (Fsp3) is 0.250. The monoisotopic (exact) mass is 299 g/mol. The van der Waals surface area contributed by atoms with Gasteiger partial charge < -0.3 is 10.5 Å². The molecule has 1 aromatic carbocycles. The number of aromatic nitrogens is 1. The van der Waals surface area contributed by atoms with E-state index < -0.39 is 0 Å². The van der Waals surface area contributed by atoms with Crippen LogP contribution in [0.15, 0.2) is 42.6 Å². The number of thiocarbonyl (C=S) groups is 1. The molecule has 2 aromatic rings. The van der Waals surface area contributed by atoms with E-state index in [1.165, 1.54) is 5.56 Å². The van der Waals surface area contributed by atoms with Crippen molar-refractivity contribution >= 4 is 17.2 Å². The lowest BCUT2D eigenvalue weighted by Crippen LogP contribution is -2.27. The Bertz CT molecular complexity index is 659. The van der Waals surface area contributed by atoms with E-state index in [0.717, 1.165) is 30.9 Å². The molecule has 0 radical (unpaired) electrons. The molecule has 0 saturated heterocycles. The Kier molecular flexibility index (Phi) is 4.13. The molecule has 0 aliphatic carbocycles. The summed E-state index contributed by atoms with van der Waals surface area (Å²) in [4.78, 5) is 6.96. The highest BCUT2D eigenvalue weighted by atomic mass is 32.1. The fourth-order valence-electron chi connectivity index (χ4n) is 2.54. The van der Waals surface area contributed by atoms with Crippen LogP contribution in [0.1, 0.15) is 16.8 Å². The van der Waals surface area contributed by atoms with Gasteiger partial charge in [-0.15, -0.1) is 0 Å². The molecule has 1 aliphatic rings. The van der Waals surface area contributed by atoms with E-state index >= 15 is 0 Å². The second-order valence-corrected chi connectivity index (χ2v) is 5.48. The molecule has 1 aliphatic heterocycles. The van der Waals surface area contributed by atoms with Crippen LogP contribution in [0.25, 0.3) is 0 Å². The molecule has 0 spiro atoms. The van der Waals surface area contributed by atoms with Crippen LogP contribution in [-0.4, -0.2) is 28.0 Å². The molecule has 5 heteroatoms. The van der Waals surface area contributed by atoms with Gasteiger partial charge in [0.2, 0.25) is 0 Å². The maximum Gasteiger partial charge on any atom is 0.123 e. The molecule has 108 valence electrons. The predicted octanol–water partition coefficient (Wildman–Crippen LogP) is 2.11. The number of benzene rings is 1. The van der Waals surface area contributed by atoms with E-state index in [1.807, 2.05) is 30.3 Å². The Morgan fingerprint density at radius 3 is 3.00 bits per heavy atom. The van der Waals surface area contributed by atoms with Gasteiger partial charge in [0, 0.05) is 31.4 Å². The third-order valence-corrected chi connectivity index (χ3v) is 3.74. The first-order valence-corrected chi connectivity index (χ1v) is 7.31. The maximum atomic E-state index is 5.79. The van der Waals surface area contributed by atoms with Crippen LogP contribution in [0.5, 0.6) is 5.75 Å². The first kappa shape index (κ1) is 14.0. The van der Waals surface area contributed by atoms with Crippen molar-refractivity contribution in [3.63, 3.8) is 0 Å². The largest absolute Gasteiger partial charge is 0.492 e. The molecular formula is C16H17N3OS. The van der Waals surface area contributed by atoms with Gasteiger partial charge in [0.15, 0.2) is 0 Å². The molecule has 0 unspecified atom stereocenters. The number of hydrogen-bond acceptors (Lipinski definition) is 4. The lowest BCUT2D eigenvalue weighted by atomic mass is 10.1. The third kappa shape index (κ3) is 3.20. The zero-order chi connectivity index (χ0) is 14.7. The Labute approximate surface area is 129 Å². The summed E-state index contributed by atoms with van der Waals surface area (Å²) in [6, 6.07) is 12.1. The van der Waals surface area contributed by atoms with Crippen molar-refractivity contribution in [1.29, 1.82) is 0 Å². The van der Waals surface area contributed by atoms with E-state index in [0.29, 0.717) is 17.3 Å². The lowest BCUT2D eigenvalue weighted by Gasteiger charge is -2.20. The van der Waals surface area contributed by atoms with E-state index in [9.17, 15) is 0 Å². The van der Waals surface area contributed by atoms with Crippen LogP contribution >= 0.6 is 12.2 Å². The third-order valence-electron chi connectivity index (χ3n) is 3.55. The van der Waals surface area contributed by atoms with Gasteiger partial charge in [-0.2, -0.15) is 0 Å². The zero-order valence-corrected chi connectivity index (χ0v) is 12.5. The van der Waals surface area contributed by atoms with Crippen molar-refractivity contribution < 1.29 is 4.74 Å². The topological polar surface area (TPSA) is 51.4 Å². The molecule has 21 heavy (non-hydrogen) atoms. The van der Waals surface area contributed by atoms with Crippen molar-refractivity contribution in [1.82, 2.24) is 9.88 Å². The van der Waals surface area contributed by atoms with Gasteiger partial charge in [-0.3, -0.25) is 9.88 Å². The van der Waals surface area contributed by atoms with Crippen molar-refractivity contribution in [2.45, 2.75) is 13.1 Å². The minimum Gasteiger partial charge on any atom is -0.492 e. The number of hydrogen-bond donors (Lipinski definition) is 1. The number of para-hydroxylation sites is 1. The van der Waals surface area contributed by atoms with Crippen LogP contribution in [0.3, 0.4) is 0 Å². The summed E-state index contributed by atoms with van der Waals surface area (Å²) < 4.78 is 5.79. The molecule has 4 nitrogen and oxygen atoms in total. The molecule has 0 amide bonds. The summed E-state index contributed by atoms with van der Waals surface area (Å²) in [6.07, 6.45) is 1.72. The van der Waals surface area contributed by atoms with E-state index in [1.54, 1.807) is 6.20 Å². The van der Waals surface area contributed by atoms with Crippen molar-refractivity contribution in [2.24, 2.45) is 5.73 Å². The minimum atomic E-state index is 0.345. The van der Waals surface area contributed by atoms with Crippen LogP contribution in [-0.2, 0) is 13.1 Å². The van der Waals surface area contributed by atoms with Crippen LogP contribution in [0.2, 0.25) is 0 Å². The van der Waals surface area contributed by atoms with Gasteiger partial charge in [-0.05, 0) is 17.7 Å². The van der Waals surface area contributed by atoms with Crippen LogP contribution in [0, 0.1) is 0 Å². The van der Waals surface area contributed by atoms with Gasteiger partial charge >= 0.3 is 0 Å². The van der Waals surface area contributed by atoms with Gasteiger partial charge in [-0.1, -0.05) is 36.5 Å². The molecule has 0 fully saturated rings. The quantitative estimate of drug-likeness (QED) is 0.880. The van der Waals surface area contributed by atoms with Gasteiger partial charge in [0.25, 0.3) is 0 Å². The van der Waals surface area contributed by atoms with Crippen molar-refractivity contribution in [2.75, 3.05) is 13.2 Å². The van der Waals surface area contributed by atoms with Crippen LogP contribution in [0.4, 0.5) is 0 Å². The Morgan fingerprint density at radius 1 is 1.29 bits per heavy atom. The number of fused-ring (bicyclic) bond motifs is 1. The van der Waals surface area contributed by atoms with E-state index in [2.05, 4.69) is 16.0 Å². The average Bonchev–Trinajstić information content (AvgIpc) is 2.69. The SMILES string of the molecule is NC(=S)c1ncccc1CN1CCOc2ccccc2C1. The summed E-state index contributed by atoms with van der Waals surface area (Å²) in [7, 11) is 0. The molecule has 2 N–H and O–H groups in total. The molecule has 3 rings (SSSR count). The summed E-state index contributed by atoms with van der Waals surface area (Å²) in [5, 5.41) is 0. The van der Waals surface area contributed by atoms with Crippen molar-refractivity contribution in [3.8, 4) is 5.75 Å². The summed E-state index contributed by atoms with van der Waals surface area (Å²) >= 11 is 5.08. The van der Waals surface area contributed by atoms with E-state index in [4.69, 9.17) is 22.7 Å². The second kappa shape index (κ2) is 6.20. The number of ether oxygens (including phenoxy) is 1. The highest BCUT2D eigenvalue weighted by Gasteiger charge is 2.17. The molecule has 0 saturated carbocycles. The minimum absolute atomic E-state index is 0.345. The Hall–Kier alpha value is -1.98. The number of nitrogens with two attached hydrogens (primary N) is 1. The molecule has 0 atom stereocenters. The summed E-state index contributed by atoms with van der Waals surface area (Å²) in [5.41, 5.74) is 8.73. The standard InChI is InChI=1S/C16H17N3OS/c17-16(21)15-13(5-3-7-18-15)11-19-8-9-20-14-6-2-1-4-12(14)10-19/h1-7H,8-11H2,(H2,17,21). The Balaban J connectivity index is 1.81. The second-order valence-electron chi connectivity index (χ2n) is 5.04. The van der Waals surface area contributed by atoms with Gasteiger partial charge in [0.1, 0.15) is 23.0 Å². The number of rotatable bonds is 3. The fourth-order valence-corrected chi connectivity index (χ4v) is 2.73. The van der Waals surface area contributed by atoms with Crippen molar-refractivity contribution in [3.05, 3.63) is 59.4 Å². The maximum absolute atomic E-state index is 5.79. The highest BCUT2D eigenvalue weighted by molar-refractivity contribution is 7.80. The first-order chi connectivity index (χ1) is 10.2. The van der Waals surface area contributed by atoms with Gasteiger partial charge in [-0.25, -0.2) is 0 Å². The Morgan fingerprint density at radius 2 is 2.14 bits per heavy atom. The van der Waals surface area contributed by atoms with Gasteiger partial charge in [0.05, 0.1) is 0 Å². The molecule has 2 heterocycles. The zero-order valence-electron chi connectivity index (χ0n) is 11.7. The van der Waals surface area contributed by atoms with Crippen LogP contribution < -0.4 is 10.5 Å². The molecule has 1 aromatic heterocycles. The first-order valence-electron chi connectivity index (χ1n) is 6.91. The smallest absolute Gasteiger partial charge is 0.123 e. The number of pyridine rings is 1. The van der Waals surface area contributed by atoms with E-state index in [-0.39, 0.29) is 0 Å². The normalized spacial score (nSPS) is 14.9. The molecule has 0 bridgehead atoms.